The summed E-state index contributed by atoms with van der Waals surface area (Å²) in [6, 6.07) is -0.652. The van der Waals surface area contributed by atoms with Crippen molar-refractivity contribution < 1.29 is 33.0 Å². The Kier molecular flexibility index (Phi) is 9.86. The molecule has 1 aliphatic rings. The number of aliphatic carboxylic acids is 1. The van der Waals surface area contributed by atoms with Crippen molar-refractivity contribution in [2.24, 2.45) is 11.8 Å². The fourth-order valence-corrected chi connectivity index (χ4v) is 4.82. The quantitative estimate of drug-likeness (QED) is 0.373. The number of sulfone groups is 1. The van der Waals surface area contributed by atoms with Crippen LogP contribution in [0.2, 0.25) is 0 Å². The second-order valence-electron chi connectivity index (χ2n) is 11.1. The molecule has 3 N–H and O–H groups in total. The lowest BCUT2D eigenvalue weighted by Crippen LogP contribution is -2.56. The highest BCUT2D eigenvalue weighted by molar-refractivity contribution is 7.90. The van der Waals surface area contributed by atoms with Crippen LogP contribution in [0.3, 0.4) is 0 Å². The maximum absolute atomic E-state index is 13.9. The van der Waals surface area contributed by atoms with E-state index in [1.54, 1.807) is 0 Å². The van der Waals surface area contributed by atoms with Gasteiger partial charge in [0.15, 0.2) is 0 Å². The minimum atomic E-state index is -3.15. The fraction of sp³-hybridized carbons (Fsp3) is 0.708. The molecule has 2 amide bonds. The summed E-state index contributed by atoms with van der Waals surface area (Å²) in [5.74, 6) is -1.75. The summed E-state index contributed by atoms with van der Waals surface area (Å²) < 4.78 is 23.0. The molecule has 2 atom stereocenters. The molecule has 1 aromatic heterocycles. The minimum absolute atomic E-state index is 0.00434. The predicted molar refractivity (Wildman–Crippen MR) is 139 cm³/mol. The van der Waals surface area contributed by atoms with Gasteiger partial charge in [0.05, 0.1) is 17.7 Å². The normalized spacial score (nSPS) is 18.5. The number of piperidine rings is 1. The van der Waals surface area contributed by atoms with Gasteiger partial charge in [-0.05, 0) is 18.8 Å². The molecule has 12 nitrogen and oxygen atoms in total. The third kappa shape index (κ3) is 8.83. The Morgan fingerprint density at radius 2 is 1.86 bits per heavy atom. The number of aromatic nitrogens is 2. The third-order valence-corrected chi connectivity index (χ3v) is 7.02. The molecular formula is C24H39N5O7S. The van der Waals surface area contributed by atoms with Gasteiger partial charge in [0.1, 0.15) is 27.0 Å². The molecule has 1 saturated heterocycles. The molecular weight excluding hydrogens is 502 g/mol. The standard InChI is InChI=1S/C24H39N5O7S/c1-15(2)12-29(17-10-16(21(31)32)13-28(14-17)23(33)34)20(30)18-11-26-22(24(3,4)5)27-19(18)25-8-7-9-37(6,35)36/h11,15-17H,7-10,12-14H2,1-6H3,(H,31,32)(H,33,34)(H,25,26,27)/t16-,17+/m1/s1. The molecule has 2 rings (SSSR count). The van der Waals surface area contributed by atoms with Crippen LogP contribution in [0.4, 0.5) is 10.6 Å². The van der Waals surface area contributed by atoms with Crippen molar-refractivity contribution in [2.45, 2.75) is 58.9 Å². The number of carboxylic acids is 1. The fourth-order valence-electron chi connectivity index (χ4n) is 4.15. The minimum Gasteiger partial charge on any atom is -0.481 e. The largest absolute Gasteiger partial charge is 0.481 e. The van der Waals surface area contributed by atoms with Crippen LogP contribution in [-0.2, 0) is 20.0 Å². The van der Waals surface area contributed by atoms with Gasteiger partial charge >= 0.3 is 12.1 Å². The van der Waals surface area contributed by atoms with Crippen LogP contribution in [0.1, 0.15) is 63.6 Å². The molecule has 37 heavy (non-hydrogen) atoms. The lowest BCUT2D eigenvalue weighted by Gasteiger charge is -2.41. The Balaban J connectivity index is 2.45. The van der Waals surface area contributed by atoms with Crippen LogP contribution in [0.5, 0.6) is 0 Å². The van der Waals surface area contributed by atoms with Crippen LogP contribution < -0.4 is 5.32 Å². The highest BCUT2D eigenvalue weighted by Gasteiger charge is 2.39. The molecule has 0 radical (unpaired) electrons. The molecule has 0 aliphatic carbocycles. The van der Waals surface area contributed by atoms with Crippen LogP contribution in [0.25, 0.3) is 0 Å². The molecule has 208 valence electrons. The number of nitrogens with one attached hydrogen (secondary N) is 1. The molecule has 1 aliphatic heterocycles. The van der Waals surface area contributed by atoms with Gasteiger partial charge in [-0.1, -0.05) is 34.6 Å². The van der Waals surface area contributed by atoms with Gasteiger partial charge in [0.2, 0.25) is 0 Å². The number of carboxylic acid groups (broad SMARTS) is 2. The number of likely N-dealkylation sites (tertiary alicyclic amines) is 1. The summed E-state index contributed by atoms with van der Waals surface area (Å²) in [7, 11) is -3.15. The number of anilines is 1. The summed E-state index contributed by atoms with van der Waals surface area (Å²) in [5.41, 5.74) is -0.255. The van der Waals surface area contributed by atoms with Gasteiger partial charge < -0.3 is 25.3 Å². The lowest BCUT2D eigenvalue weighted by atomic mass is 9.92. The van der Waals surface area contributed by atoms with Gasteiger partial charge in [-0.3, -0.25) is 9.59 Å². The molecule has 2 heterocycles. The van der Waals surface area contributed by atoms with Crippen molar-refractivity contribution in [1.82, 2.24) is 19.8 Å². The van der Waals surface area contributed by atoms with E-state index in [0.717, 1.165) is 11.2 Å². The van der Waals surface area contributed by atoms with Crippen molar-refractivity contribution in [3.63, 3.8) is 0 Å². The summed E-state index contributed by atoms with van der Waals surface area (Å²) in [5, 5.41) is 22.3. The maximum atomic E-state index is 13.9. The van der Waals surface area contributed by atoms with Crippen molar-refractivity contribution in [3.8, 4) is 0 Å². The number of amides is 2. The molecule has 0 spiro atoms. The Labute approximate surface area is 218 Å². The van der Waals surface area contributed by atoms with Crippen LogP contribution in [-0.4, -0.2) is 101 Å². The summed E-state index contributed by atoms with van der Waals surface area (Å²) >= 11 is 0. The van der Waals surface area contributed by atoms with Gasteiger partial charge in [0, 0.05) is 44.0 Å². The van der Waals surface area contributed by atoms with Gasteiger partial charge in [0.25, 0.3) is 5.91 Å². The predicted octanol–water partition coefficient (Wildman–Crippen LogP) is 2.17. The van der Waals surface area contributed by atoms with E-state index < -0.39 is 45.2 Å². The van der Waals surface area contributed by atoms with Crippen LogP contribution in [0, 0.1) is 11.8 Å². The second-order valence-corrected chi connectivity index (χ2v) is 13.3. The van der Waals surface area contributed by atoms with E-state index in [1.165, 1.54) is 11.1 Å². The Morgan fingerprint density at radius 3 is 2.38 bits per heavy atom. The molecule has 13 heteroatoms. The zero-order valence-corrected chi connectivity index (χ0v) is 23.2. The Morgan fingerprint density at radius 1 is 1.22 bits per heavy atom. The van der Waals surface area contributed by atoms with E-state index in [2.05, 4.69) is 15.3 Å². The van der Waals surface area contributed by atoms with Gasteiger partial charge in [-0.2, -0.15) is 0 Å². The molecule has 0 aromatic carbocycles. The number of hydrogen-bond donors (Lipinski definition) is 3. The van der Waals surface area contributed by atoms with Crippen LogP contribution in [0.15, 0.2) is 6.20 Å². The van der Waals surface area contributed by atoms with E-state index in [-0.39, 0.29) is 55.7 Å². The van der Waals surface area contributed by atoms with Crippen molar-refractivity contribution in [2.75, 3.05) is 43.5 Å². The first kappa shape index (κ1) is 30.3. The van der Waals surface area contributed by atoms with Gasteiger partial charge in [-0.15, -0.1) is 0 Å². The van der Waals surface area contributed by atoms with E-state index in [9.17, 15) is 33.0 Å². The van der Waals surface area contributed by atoms with E-state index in [1.807, 2.05) is 34.6 Å². The number of nitrogens with zero attached hydrogens (tertiary/aromatic N) is 4. The van der Waals surface area contributed by atoms with Crippen LogP contribution >= 0.6 is 0 Å². The monoisotopic (exact) mass is 541 g/mol. The topological polar surface area (TPSA) is 170 Å². The van der Waals surface area contributed by atoms with Crippen molar-refractivity contribution in [1.29, 1.82) is 0 Å². The van der Waals surface area contributed by atoms with Crippen molar-refractivity contribution in [3.05, 3.63) is 17.6 Å². The first-order chi connectivity index (χ1) is 17.0. The number of carbonyl (C=O) groups excluding carboxylic acids is 1. The van der Waals surface area contributed by atoms with E-state index >= 15 is 0 Å². The average Bonchev–Trinajstić information content (AvgIpc) is 2.78. The Hall–Kier alpha value is -2.96. The highest BCUT2D eigenvalue weighted by atomic mass is 32.2. The number of rotatable bonds is 10. The van der Waals surface area contributed by atoms with E-state index in [4.69, 9.17) is 0 Å². The smallest absolute Gasteiger partial charge is 0.407 e. The summed E-state index contributed by atoms with van der Waals surface area (Å²) in [6.45, 7) is 10.0. The maximum Gasteiger partial charge on any atom is 0.407 e. The lowest BCUT2D eigenvalue weighted by molar-refractivity contribution is -0.144. The third-order valence-electron chi connectivity index (χ3n) is 5.99. The van der Waals surface area contributed by atoms with Gasteiger partial charge in [-0.25, -0.2) is 23.2 Å². The zero-order valence-electron chi connectivity index (χ0n) is 22.4. The average molecular weight is 542 g/mol. The van der Waals surface area contributed by atoms with E-state index in [0.29, 0.717) is 12.2 Å². The first-order valence-corrected chi connectivity index (χ1v) is 14.4. The Bertz CT molecular complexity index is 1080. The SMILES string of the molecule is CC(C)CN(C(=O)c1cnc(C(C)(C)C)nc1NCCCS(C)(=O)=O)[C@H]1C[C@@H](C(=O)O)CN(C(=O)O)C1. The number of hydrogen-bond acceptors (Lipinski definition) is 8. The molecule has 1 fully saturated rings. The zero-order chi connectivity index (χ0) is 28.1. The summed E-state index contributed by atoms with van der Waals surface area (Å²) in [6.07, 6.45) is 1.78. The first-order valence-electron chi connectivity index (χ1n) is 12.3. The second kappa shape index (κ2) is 12.1. The molecule has 0 unspecified atom stereocenters. The molecule has 0 bridgehead atoms. The molecule has 0 saturated carbocycles. The molecule has 1 aromatic rings. The number of carbonyl (C=O) groups is 3. The summed E-state index contributed by atoms with van der Waals surface area (Å²) in [4.78, 5) is 48.9. The van der Waals surface area contributed by atoms with Crippen molar-refractivity contribution >= 4 is 33.6 Å². The highest BCUT2D eigenvalue weighted by Crippen LogP contribution is 2.27.